The average molecular weight is 438 g/mol. The molecule has 0 bridgehead atoms. The first-order valence-electron chi connectivity index (χ1n) is 10.4. The molecule has 1 aromatic heterocycles. The lowest BCUT2D eigenvalue weighted by atomic mass is 10.1. The Bertz CT molecular complexity index is 1070. The second-order valence-electron chi connectivity index (χ2n) is 7.68. The molecule has 1 aliphatic rings. The second-order valence-corrected chi connectivity index (χ2v) is 8.87. The fourth-order valence-electron chi connectivity index (χ4n) is 3.69. The zero-order valence-corrected chi connectivity index (χ0v) is 18.1. The van der Waals surface area contributed by atoms with E-state index in [9.17, 15) is 14.0 Å². The smallest absolute Gasteiger partial charge is 0.260 e. The summed E-state index contributed by atoms with van der Waals surface area (Å²) in [7, 11) is 0. The maximum atomic E-state index is 13.2. The Morgan fingerprint density at radius 1 is 1.16 bits per heavy atom. The number of H-pyrrole nitrogens is 1. The van der Waals surface area contributed by atoms with Gasteiger partial charge in [-0.05, 0) is 49.6 Å². The molecule has 0 spiro atoms. The molecule has 160 valence electrons. The van der Waals surface area contributed by atoms with Crippen LogP contribution in [0.25, 0.3) is 0 Å². The SMILES string of the molecule is Cc1[nH]c(SC2CCCCN(C(=O)c3ccc(F)cc3)C2=O)nc1Cc1ccccc1. The molecule has 1 atom stereocenters. The number of hydrogen-bond donors (Lipinski definition) is 1. The second kappa shape index (κ2) is 9.47. The van der Waals surface area contributed by atoms with Crippen LogP contribution in [0.4, 0.5) is 4.39 Å². The Morgan fingerprint density at radius 3 is 2.65 bits per heavy atom. The number of aromatic nitrogens is 2. The quantitative estimate of drug-likeness (QED) is 0.585. The van der Waals surface area contributed by atoms with E-state index in [1.807, 2.05) is 25.1 Å². The van der Waals surface area contributed by atoms with Crippen molar-refractivity contribution in [1.29, 1.82) is 0 Å². The molecule has 5 nitrogen and oxygen atoms in total. The number of nitrogens with zero attached hydrogens (tertiary/aromatic N) is 2. The predicted octanol–water partition coefficient (Wildman–Crippen LogP) is 4.76. The molecule has 0 saturated carbocycles. The standard InChI is InChI=1S/C24H24FN3O2S/c1-16-20(15-17-7-3-2-4-8-17)27-24(26-16)31-21-9-5-6-14-28(23(21)30)22(29)18-10-12-19(25)13-11-18/h2-4,7-8,10-13,21H,5-6,9,14-15H2,1H3,(H,26,27). The molecule has 2 heterocycles. The van der Waals surface area contributed by atoms with Gasteiger partial charge in [-0.3, -0.25) is 14.5 Å². The van der Waals surface area contributed by atoms with E-state index in [2.05, 4.69) is 17.1 Å². The van der Waals surface area contributed by atoms with Crippen LogP contribution in [0.1, 0.15) is 46.6 Å². The van der Waals surface area contributed by atoms with Crippen LogP contribution >= 0.6 is 11.8 Å². The van der Waals surface area contributed by atoms with E-state index in [1.165, 1.54) is 46.5 Å². The van der Waals surface area contributed by atoms with Gasteiger partial charge in [0.15, 0.2) is 5.16 Å². The van der Waals surface area contributed by atoms with Crippen molar-refractivity contribution in [3.63, 3.8) is 0 Å². The molecule has 1 fully saturated rings. The zero-order chi connectivity index (χ0) is 21.8. The van der Waals surface area contributed by atoms with Gasteiger partial charge in [-0.2, -0.15) is 0 Å². The summed E-state index contributed by atoms with van der Waals surface area (Å²) >= 11 is 1.38. The van der Waals surface area contributed by atoms with Crippen molar-refractivity contribution in [2.24, 2.45) is 0 Å². The molecular weight excluding hydrogens is 413 g/mol. The highest BCUT2D eigenvalue weighted by molar-refractivity contribution is 8.00. The summed E-state index contributed by atoms with van der Waals surface area (Å²) < 4.78 is 13.2. The highest BCUT2D eigenvalue weighted by Gasteiger charge is 2.33. The van der Waals surface area contributed by atoms with Crippen molar-refractivity contribution in [2.45, 2.75) is 43.0 Å². The summed E-state index contributed by atoms with van der Waals surface area (Å²) in [4.78, 5) is 35.4. The Labute approximate surface area is 185 Å². The number of thioether (sulfide) groups is 1. The van der Waals surface area contributed by atoms with E-state index in [0.29, 0.717) is 23.7 Å². The average Bonchev–Trinajstić information content (AvgIpc) is 3.00. The monoisotopic (exact) mass is 437 g/mol. The number of likely N-dealkylation sites (tertiary alicyclic amines) is 1. The molecule has 1 N–H and O–H groups in total. The molecular formula is C24H24FN3O2S. The van der Waals surface area contributed by atoms with Gasteiger partial charge in [0.05, 0.1) is 10.9 Å². The molecule has 2 amide bonds. The van der Waals surface area contributed by atoms with Gasteiger partial charge in [0, 0.05) is 24.2 Å². The first-order valence-corrected chi connectivity index (χ1v) is 11.3. The van der Waals surface area contributed by atoms with Gasteiger partial charge >= 0.3 is 0 Å². The molecule has 31 heavy (non-hydrogen) atoms. The molecule has 7 heteroatoms. The number of amides is 2. The fraction of sp³-hybridized carbons (Fsp3) is 0.292. The van der Waals surface area contributed by atoms with Crippen LogP contribution < -0.4 is 0 Å². The highest BCUT2D eigenvalue weighted by Crippen LogP contribution is 2.30. The van der Waals surface area contributed by atoms with Crippen LogP contribution in [-0.2, 0) is 11.2 Å². The van der Waals surface area contributed by atoms with Gasteiger partial charge in [0.25, 0.3) is 5.91 Å². The molecule has 0 radical (unpaired) electrons. The van der Waals surface area contributed by atoms with Gasteiger partial charge in [-0.25, -0.2) is 9.37 Å². The van der Waals surface area contributed by atoms with Crippen LogP contribution in [0.2, 0.25) is 0 Å². The van der Waals surface area contributed by atoms with E-state index in [4.69, 9.17) is 4.98 Å². The first kappa shape index (κ1) is 21.3. The van der Waals surface area contributed by atoms with Crippen LogP contribution in [0.5, 0.6) is 0 Å². The number of nitrogens with one attached hydrogen (secondary N) is 1. The van der Waals surface area contributed by atoms with Gasteiger partial charge in [0.1, 0.15) is 5.82 Å². The topological polar surface area (TPSA) is 66.1 Å². The molecule has 1 aliphatic heterocycles. The van der Waals surface area contributed by atoms with Crippen molar-refractivity contribution in [3.05, 3.63) is 82.9 Å². The van der Waals surface area contributed by atoms with Gasteiger partial charge in [0.2, 0.25) is 5.91 Å². The molecule has 2 aromatic carbocycles. The Morgan fingerprint density at radius 2 is 1.90 bits per heavy atom. The number of aryl methyl sites for hydroxylation is 1. The highest BCUT2D eigenvalue weighted by atomic mass is 32.2. The first-order chi connectivity index (χ1) is 15.0. The van der Waals surface area contributed by atoms with Crippen LogP contribution in [0.3, 0.4) is 0 Å². The number of imidazole rings is 1. The third-order valence-electron chi connectivity index (χ3n) is 5.41. The predicted molar refractivity (Wildman–Crippen MR) is 119 cm³/mol. The van der Waals surface area contributed by atoms with Gasteiger partial charge < -0.3 is 4.98 Å². The number of aromatic amines is 1. The van der Waals surface area contributed by atoms with Gasteiger partial charge in [-0.15, -0.1) is 0 Å². The molecule has 0 aliphatic carbocycles. The summed E-state index contributed by atoms with van der Waals surface area (Å²) in [6.07, 6.45) is 3.02. The number of hydrogen-bond acceptors (Lipinski definition) is 4. The Hall–Kier alpha value is -2.93. The zero-order valence-electron chi connectivity index (χ0n) is 17.3. The van der Waals surface area contributed by atoms with E-state index >= 15 is 0 Å². The lowest BCUT2D eigenvalue weighted by Crippen LogP contribution is -2.41. The normalized spacial score (nSPS) is 16.9. The van der Waals surface area contributed by atoms with Crippen LogP contribution in [0.15, 0.2) is 59.8 Å². The summed E-state index contributed by atoms with van der Waals surface area (Å²) in [5.74, 6) is -1.000. The maximum Gasteiger partial charge on any atom is 0.260 e. The number of benzene rings is 2. The lowest BCUT2D eigenvalue weighted by Gasteiger charge is -2.22. The largest absolute Gasteiger partial charge is 0.337 e. The van der Waals surface area contributed by atoms with Crippen LogP contribution in [-0.4, -0.2) is 38.5 Å². The van der Waals surface area contributed by atoms with Crippen molar-refractivity contribution in [1.82, 2.24) is 14.9 Å². The minimum absolute atomic E-state index is 0.213. The minimum atomic E-state index is -0.410. The summed E-state index contributed by atoms with van der Waals surface area (Å²) in [5, 5.41) is 0.305. The third-order valence-corrected chi connectivity index (χ3v) is 6.55. The molecule has 1 saturated heterocycles. The molecule has 1 unspecified atom stereocenters. The van der Waals surface area contributed by atoms with Crippen molar-refractivity contribution in [2.75, 3.05) is 6.54 Å². The van der Waals surface area contributed by atoms with E-state index in [-0.39, 0.29) is 17.1 Å². The Kier molecular flexibility index (Phi) is 6.51. The fourth-order valence-corrected chi connectivity index (χ4v) is 4.84. The van der Waals surface area contributed by atoms with Crippen LogP contribution in [0, 0.1) is 12.7 Å². The van der Waals surface area contributed by atoms with Crippen molar-refractivity contribution >= 4 is 23.6 Å². The maximum absolute atomic E-state index is 13.2. The van der Waals surface area contributed by atoms with Gasteiger partial charge in [-0.1, -0.05) is 48.5 Å². The molecule has 3 aromatic rings. The minimum Gasteiger partial charge on any atom is -0.337 e. The van der Waals surface area contributed by atoms with E-state index in [1.54, 1.807) is 0 Å². The number of carbonyl (C=O) groups excluding carboxylic acids is 2. The van der Waals surface area contributed by atoms with Crippen molar-refractivity contribution in [3.8, 4) is 0 Å². The molecule has 4 rings (SSSR count). The number of halogens is 1. The number of rotatable bonds is 5. The van der Waals surface area contributed by atoms with E-state index in [0.717, 1.165) is 30.7 Å². The van der Waals surface area contributed by atoms with Crippen molar-refractivity contribution < 1.29 is 14.0 Å². The lowest BCUT2D eigenvalue weighted by molar-refractivity contribution is -0.127. The summed E-state index contributed by atoms with van der Waals surface area (Å²) in [6.45, 7) is 2.36. The summed E-state index contributed by atoms with van der Waals surface area (Å²) in [5.41, 5.74) is 3.43. The van der Waals surface area contributed by atoms with E-state index < -0.39 is 5.82 Å². The number of carbonyl (C=O) groups is 2. The number of imide groups is 1. The summed E-state index contributed by atoms with van der Waals surface area (Å²) in [6, 6.07) is 15.4. The Balaban J connectivity index is 1.49. The third kappa shape index (κ3) is 5.05.